The second kappa shape index (κ2) is 7.41. The molecule has 0 atom stereocenters. The van der Waals surface area contributed by atoms with Crippen LogP contribution in [0.15, 0.2) is 20.8 Å². The number of aromatic nitrogens is 1. The van der Waals surface area contributed by atoms with Crippen LogP contribution >= 0.6 is 0 Å². The third-order valence-electron chi connectivity index (χ3n) is 5.08. The molecule has 0 aliphatic heterocycles. The third-order valence-corrected chi connectivity index (χ3v) is 5.08. The van der Waals surface area contributed by atoms with Crippen LogP contribution < -0.4 is 0 Å². The highest BCUT2D eigenvalue weighted by molar-refractivity contribution is 6.23. The Balaban J connectivity index is 1.85. The number of aliphatic hydroxyl groups excluding tert-OH is 1. The quantitative estimate of drug-likeness (QED) is 0.783. The molecular weight excluding hydrogens is 344 g/mol. The number of ketones is 2. The molecule has 0 unspecified atom stereocenters. The van der Waals surface area contributed by atoms with Crippen LogP contribution in [0.25, 0.3) is 0 Å². The summed E-state index contributed by atoms with van der Waals surface area (Å²) in [5.41, 5.74) is 2.08. The van der Waals surface area contributed by atoms with Gasteiger partial charge in [0, 0.05) is 37.4 Å². The van der Waals surface area contributed by atoms with Gasteiger partial charge in [0.1, 0.15) is 11.5 Å². The van der Waals surface area contributed by atoms with Crippen LogP contribution in [0.1, 0.15) is 81.6 Å². The largest absolute Gasteiger partial charge is 0.511 e. The fraction of sp³-hybridized carbons (Fsp3) is 0.619. The molecule has 0 fully saturated rings. The summed E-state index contributed by atoms with van der Waals surface area (Å²) in [6.45, 7) is 7.98. The minimum atomic E-state index is -0.115. The Kier molecular flexibility index (Phi) is 5.36. The minimum Gasteiger partial charge on any atom is -0.511 e. The summed E-state index contributed by atoms with van der Waals surface area (Å²) < 4.78 is 5.46. The average molecular weight is 372 g/mol. The fourth-order valence-corrected chi connectivity index (χ4v) is 3.95. The maximum absolute atomic E-state index is 12.6. The Morgan fingerprint density at radius 2 is 1.96 bits per heavy atom. The smallest absolute Gasteiger partial charge is 0.168 e. The van der Waals surface area contributed by atoms with Crippen molar-refractivity contribution < 1.29 is 19.2 Å². The van der Waals surface area contributed by atoms with Gasteiger partial charge in [-0.3, -0.25) is 14.6 Å². The molecule has 0 saturated carbocycles. The van der Waals surface area contributed by atoms with E-state index in [1.165, 1.54) is 0 Å². The van der Waals surface area contributed by atoms with Gasteiger partial charge in [-0.25, -0.2) is 0 Å². The summed E-state index contributed by atoms with van der Waals surface area (Å²) in [6.07, 6.45) is 3.68. The normalized spacial score (nSPS) is 20.4. The Labute approximate surface area is 159 Å². The summed E-state index contributed by atoms with van der Waals surface area (Å²) in [4.78, 5) is 29.5. The molecular formula is C21H28N2O4. The first-order valence-corrected chi connectivity index (χ1v) is 9.71. The number of rotatable bonds is 5. The van der Waals surface area contributed by atoms with E-state index in [-0.39, 0.29) is 28.8 Å². The molecule has 0 aromatic carbocycles. The van der Waals surface area contributed by atoms with Gasteiger partial charge < -0.3 is 9.63 Å². The number of aliphatic hydroxyl groups is 1. The van der Waals surface area contributed by atoms with Gasteiger partial charge in [-0.15, -0.1) is 0 Å². The predicted octanol–water partition coefficient (Wildman–Crippen LogP) is 4.18. The Bertz CT molecular complexity index is 827. The average Bonchev–Trinajstić information content (AvgIpc) is 2.93. The highest BCUT2D eigenvalue weighted by atomic mass is 16.5. The molecule has 2 aliphatic rings. The van der Waals surface area contributed by atoms with Crippen LogP contribution in [-0.4, -0.2) is 33.6 Å². The molecule has 27 heavy (non-hydrogen) atoms. The van der Waals surface area contributed by atoms with Crippen molar-refractivity contribution in [1.82, 2.24) is 5.16 Å². The Morgan fingerprint density at radius 1 is 1.22 bits per heavy atom. The zero-order valence-electron chi connectivity index (χ0n) is 16.6. The van der Waals surface area contributed by atoms with Crippen LogP contribution in [-0.2, 0) is 17.6 Å². The SMILES string of the molecule is CC(C)N=C(CCc1noc2c1C(=O)CC(C)(C)C2)C1=C(O)CCCC1=O. The maximum Gasteiger partial charge on any atom is 0.168 e. The van der Waals surface area contributed by atoms with E-state index in [1.807, 2.05) is 27.7 Å². The van der Waals surface area contributed by atoms with Crippen LogP contribution in [0, 0.1) is 5.41 Å². The van der Waals surface area contributed by atoms with E-state index in [9.17, 15) is 14.7 Å². The molecule has 0 spiro atoms. The Hall–Kier alpha value is -2.24. The summed E-state index contributed by atoms with van der Waals surface area (Å²) in [5.74, 6) is 0.795. The number of carbonyl (C=O) groups is 2. The first-order chi connectivity index (χ1) is 12.7. The lowest BCUT2D eigenvalue weighted by atomic mass is 9.76. The van der Waals surface area contributed by atoms with Gasteiger partial charge in [0.25, 0.3) is 0 Å². The van der Waals surface area contributed by atoms with Crippen molar-refractivity contribution >= 4 is 17.3 Å². The number of hydrogen-bond donors (Lipinski definition) is 1. The first kappa shape index (κ1) is 19.5. The second-order valence-electron chi connectivity index (χ2n) is 8.64. The molecule has 3 rings (SSSR count). The standard InChI is InChI=1S/C21H28N2O4/c1-12(2)22-13(19-15(24)6-5-7-16(19)25)8-9-14-20-17(26)10-21(3,4)11-18(20)27-23-14/h12,24H,5-11H2,1-4H3. The molecule has 1 aromatic rings. The zero-order chi connectivity index (χ0) is 19.8. The molecule has 0 radical (unpaired) electrons. The van der Waals surface area contributed by atoms with Crippen molar-refractivity contribution in [2.45, 2.75) is 78.7 Å². The summed E-state index contributed by atoms with van der Waals surface area (Å²) in [5, 5.41) is 14.4. The molecule has 0 bridgehead atoms. The first-order valence-electron chi connectivity index (χ1n) is 9.71. The van der Waals surface area contributed by atoms with Crippen molar-refractivity contribution in [3.8, 4) is 0 Å². The van der Waals surface area contributed by atoms with E-state index in [1.54, 1.807) is 0 Å². The molecule has 146 valence electrons. The number of fused-ring (bicyclic) bond motifs is 1. The van der Waals surface area contributed by atoms with Crippen LogP contribution in [0.3, 0.4) is 0 Å². The van der Waals surface area contributed by atoms with Crippen LogP contribution in [0.2, 0.25) is 0 Å². The van der Waals surface area contributed by atoms with E-state index in [0.717, 1.165) is 0 Å². The minimum absolute atomic E-state index is 0.00341. The van der Waals surface area contributed by atoms with Crippen LogP contribution in [0.4, 0.5) is 0 Å². The maximum atomic E-state index is 12.6. The van der Waals surface area contributed by atoms with Crippen molar-refractivity contribution in [3.05, 3.63) is 28.3 Å². The summed E-state index contributed by atoms with van der Waals surface area (Å²) in [7, 11) is 0. The molecule has 6 nitrogen and oxygen atoms in total. The Morgan fingerprint density at radius 3 is 2.63 bits per heavy atom. The van der Waals surface area contributed by atoms with Crippen LogP contribution in [0.5, 0.6) is 0 Å². The molecule has 6 heteroatoms. The van der Waals surface area contributed by atoms with E-state index in [4.69, 9.17) is 4.52 Å². The number of aliphatic imine (C=N–C) groups is 1. The lowest BCUT2D eigenvalue weighted by Crippen LogP contribution is -2.26. The van der Waals surface area contributed by atoms with Crippen molar-refractivity contribution in [1.29, 1.82) is 0 Å². The van der Waals surface area contributed by atoms with Gasteiger partial charge in [0.15, 0.2) is 11.6 Å². The highest BCUT2D eigenvalue weighted by Gasteiger charge is 2.36. The molecule has 0 saturated heterocycles. The topological polar surface area (TPSA) is 92.8 Å². The second-order valence-corrected chi connectivity index (χ2v) is 8.64. The van der Waals surface area contributed by atoms with Gasteiger partial charge in [0.05, 0.1) is 16.8 Å². The van der Waals surface area contributed by atoms with E-state index in [0.29, 0.717) is 73.2 Å². The van der Waals surface area contributed by atoms with Gasteiger partial charge in [0.2, 0.25) is 0 Å². The lowest BCUT2D eigenvalue weighted by molar-refractivity contribution is -0.115. The zero-order valence-corrected chi connectivity index (χ0v) is 16.6. The number of aryl methyl sites for hydroxylation is 1. The van der Waals surface area contributed by atoms with Gasteiger partial charge in [-0.1, -0.05) is 19.0 Å². The van der Waals surface area contributed by atoms with Crippen molar-refractivity contribution in [2.75, 3.05) is 0 Å². The number of carbonyl (C=O) groups excluding carboxylic acids is 2. The van der Waals surface area contributed by atoms with Crippen molar-refractivity contribution in [2.24, 2.45) is 10.4 Å². The number of Topliss-reactive ketones (excluding diaryl/α,β-unsaturated/α-hetero) is 2. The molecule has 0 amide bonds. The number of allylic oxidation sites excluding steroid dienone is 2. The monoisotopic (exact) mass is 372 g/mol. The fourth-order valence-electron chi connectivity index (χ4n) is 3.95. The molecule has 2 aliphatic carbocycles. The predicted molar refractivity (Wildman–Crippen MR) is 102 cm³/mol. The summed E-state index contributed by atoms with van der Waals surface area (Å²) in [6, 6.07) is 0.00341. The third kappa shape index (κ3) is 4.20. The van der Waals surface area contributed by atoms with Gasteiger partial charge >= 0.3 is 0 Å². The van der Waals surface area contributed by atoms with Crippen molar-refractivity contribution in [3.63, 3.8) is 0 Å². The molecule has 1 heterocycles. The number of hydrogen-bond acceptors (Lipinski definition) is 6. The van der Waals surface area contributed by atoms with Gasteiger partial charge in [-0.05, 0) is 38.5 Å². The van der Waals surface area contributed by atoms with E-state index >= 15 is 0 Å². The highest BCUT2D eigenvalue weighted by Crippen LogP contribution is 2.36. The van der Waals surface area contributed by atoms with Gasteiger partial charge in [-0.2, -0.15) is 0 Å². The lowest BCUT2D eigenvalue weighted by Gasteiger charge is -2.26. The van der Waals surface area contributed by atoms with E-state index < -0.39 is 0 Å². The van der Waals surface area contributed by atoms with E-state index in [2.05, 4.69) is 10.1 Å². The molecule has 1 aromatic heterocycles. The molecule has 1 N–H and O–H groups in total. The number of nitrogens with zero attached hydrogens (tertiary/aromatic N) is 2. The summed E-state index contributed by atoms with van der Waals surface area (Å²) >= 11 is 0.